The fourth-order valence-corrected chi connectivity index (χ4v) is 3.39. The smallest absolute Gasteiger partial charge is 0.312 e. The van der Waals surface area contributed by atoms with Crippen LogP contribution >= 0.6 is 0 Å². The standard InChI is InChI=1S/C18H16O4/c19-13-6-8-15-16(10-13)18(22-17(15)20)21-14-7-5-11-3-1-2-4-12(11)9-14/h1-5,7,9,15-16,18H,6,8,10H2/t15-,16+,18+/m0/s1. The number of fused-ring (bicyclic) bond motifs is 2. The van der Waals surface area contributed by atoms with Crippen molar-refractivity contribution in [3.63, 3.8) is 0 Å². The molecule has 2 aliphatic rings. The van der Waals surface area contributed by atoms with E-state index >= 15 is 0 Å². The van der Waals surface area contributed by atoms with Gasteiger partial charge in [0.2, 0.25) is 6.29 Å². The van der Waals surface area contributed by atoms with Gasteiger partial charge in [-0.25, -0.2) is 0 Å². The molecule has 1 aliphatic heterocycles. The molecule has 0 spiro atoms. The van der Waals surface area contributed by atoms with Gasteiger partial charge in [0.1, 0.15) is 11.5 Å². The average molecular weight is 296 g/mol. The summed E-state index contributed by atoms with van der Waals surface area (Å²) in [6, 6.07) is 13.8. The molecule has 4 nitrogen and oxygen atoms in total. The molecule has 1 saturated heterocycles. The van der Waals surface area contributed by atoms with E-state index in [1.807, 2.05) is 42.5 Å². The maximum absolute atomic E-state index is 11.9. The predicted molar refractivity (Wildman–Crippen MR) is 80.3 cm³/mol. The van der Waals surface area contributed by atoms with E-state index in [9.17, 15) is 9.59 Å². The Balaban J connectivity index is 1.59. The van der Waals surface area contributed by atoms with Crippen LogP contribution in [0.3, 0.4) is 0 Å². The maximum atomic E-state index is 11.9. The first-order chi connectivity index (χ1) is 10.7. The van der Waals surface area contributed by atoms with Crippen molar-refractivity contribution in [2.24, 2.45) is 11.8 Å². The maximum Gasteiger partial charge on any atom is 0.312 e. The summed E-state index contributed by atoms with van der Waals surface area (Å²) in [5.41, 5.74) is 0. The fraction of sp³-hybridized carbons (Fsp3) is 0.333. The number of hydrogen-bond donors (Lipinski definition) is 0. The number of hydrogen-bond acceptors (Lipinski definition) is 4. The van der Waals surface area contributed by atoms with Gasteiger partial charge in [-0.1, -0.05) is 30.3 Å². The number of esters is 1. The van der Waals surface area contributed by atoms with E-state index in [0.29, 0.717) is 25.0 Å². The van der Waals surface area contributed by atoms with E-state index in [1.165, 1.54) is 0 Å². The van der Waals surface area contributed by atoms with Crippen LogP contribution in [0.15, 0.2) is 42.5 Å². The van der Waals surface area contributed by atoms with Gasteiger partial charge >= 0.3 is 5.97 Å². The van der Waals surface area contributed by atoms with Gasteiger partial charge in [0, 0.05) is 12.8 Å². The summed E-state index contributed by atoms with van der Waals surface area (Å²) in [5, 5.41) is 2.20. The number of rotatable bonds is 2. The van der Waals surface area contributed by atoms with E-state index in [0.717, 1.165) is 10.8 Å². The van der Waals surface area contributed by atoms with Crippen LogP contribution in [0.4, 0.5) is 0 Å². The lowest BCUT2D eigenvalue weighted by Crippen LogP contribution is -2.31. The summed E-state index contributed by atoms with van der Waals surface area (Å²) >= 11 is 0. The van der Waals surface area contributed by atoms with E-state index in [4.69, 9.17) is 9.47 Å². The zero-order chi connectivity index (χ0) is 15.1. The average Bonchev–Trinajstić information content (AvgIpc) is 2.83. The topological polar surface area (TPSA) is 52.6 Å². The van der Waals surface area contributed by atoms with Crippen molar-refractivity contribution in [3.8, 4) is 5.75 Å². The van der Waals surface area contributed by atoms with Crippen LogP contribution in [0.2, 0.25) is 0 Å². The normalized spacial score (nSPS) is 27.5. The minimum atomic E-state index is -0.650. The van der Waals surface area contributed by atoms with Crippen molar-refractivity contribution in [2.75, 3.05) is 0 Å². The fourth-order valence-electron chi connectivity index (χ4n) is 3.39. The summed E-state index contributed by atoms with van der Waals surface area (Å²) in [7, 11) is 0. The van der Waals surface area contributed by atoms with Gasteiger partial charge in [0.05, 0.1) is 11.8 Å². The highest BCUT2D eigenvalue weighted by atomic mass is 16.7. The molecule has 2 aromatic rings. The van der Waals surface area contributed by atoms with Gasteiger partial charge in [0.25, 0.3) is 0 Å². The highest BCUT2D eigenvalue weighted by molar-refractivity contribution is 5.85. The number of ketones is 1. The molecule has 22 heavy (non-hydrogen) atoms. The largest absolute Gasteiger partial charge is 0.454 e. The van der Waals surface area contributed by atoms with Crippen molar-refractivity contribution in [1.82, 2.24) is 0 Å². The number of carbonyl (C=O) groups is 2. The van der Waals surface area contributed by atoms with Crippen LogP contribution in [-0.4, -0.2) is 18.0 Å². The minimum Gasteiger partial charge on any atom is -0.454 e. The third-order valence-corrected chi connectivity index (χ3v) is 4.57. The van der Waals surface area contributed by atoms with E-state index in [-0.39, 0.29) is 23.6 Å². The molecule has 4 heteroatoms. The summed E-state index contributed by atoms with van der Waals surface area (Å²) in [5.74, 6) is 0.272. The number of carbonyl (C=O) groups excluding carboxylic acids is 2. The quantitative estimate of drug-likeness (QED) is 0.799. The summed E-state index contributed by atoms with van der Waals surface area (Å²) in [6.45, 7) is 0. The lowest BCUT2D eigenvalue weighted by atomic mass is 9.80. The lowest BCUT2D eigenvalue weighted by molar-refractivity contribution is -0.154. The Labute approximate surface area is 128 Å². The van der Waals surface area contributed by atoms with Crippen LogP contribution in [0.5, 0.6) is 5.75 Å². The first-order valence-corrected chi connectivity index (χ1v) is 7.58. The molecule has 0 N–H and O–H groups in total. The third-order valence-electron chi connectivity index (χ3n) is 4.57. The van der Waals surface area contributed by atoms with Gasteiger partial charge in [-0.2, -0.15) is 0 Å². The minimum absolute atomic E-state index is 0.153. The lowest BCUT2D eigenvalue weighted by Gasteiger charge is -2.24. The molecule has 112 valence electrons. The Morgan fingerprint density at radius 2 is 1.86 bits per heavy atom. The van der Waals surface area contributed by atoms with Gasteiger partial charge < -0.3 is 9.47 Å². The van der Waals surface area contributed by atoms with Crippen molar-refractivity contribution in [3.05, 3.63) is 42.5 Å². The first-order valence-electron chi connectivity index (χ1n) is 7.58. The molecule has 0 bridgehead atoms. The molecule has 1 heterocycles. The van der Waals surface area contributed by atoms with Crippen molar-refractivity contribution in [2.45, 2.75) is 25.6 Å². The monoisotopic (exact) mass is 296 g/mol. The van der Waals surface area contributed by atoms with Crippen LogP contribution in [-0.2, 0) is 14.3 Å². The molecule has 2 aromatic carbocycles. The molecule has 3 atom stereocenters. The molecule has 2 fully saturated rings. The Morgan fingerprint density at radius 1 is 1.05 bits per heavy atom. The number of Topliss-reactive ketones (excluding diaryl/α,β-unsaturated/α-hetero) is 1. The third kappa shape index (κ3) is 2.25. The summed E-state index contributed by atoms with van der Waals surface area (Å²) < 4.78 is 11.2. The number of benzene rings is 2. The summed E-state index contributed by atoms with van der Waals surface area (Å²) in [6.07, 6.45) is 0.774. The van der Waals surface area contributed by atoms with Crippen molar-refractivity contribution >= 4 is 22.5 Å². The Bertz CT molecular complexity index is 752. The molecule has 4 rings (SSSR count). The molecule has 0 unspecified atom stereocenters. The highest BCUT2D eigenvalue weighted by Gasteiger charge is 2.48. The zero-order valence-corrected chi connectivity index (χ0v) is 12.0. The highest BCUT2D eigenvalue weighted by Crippen LogP contribution is 2.39. The Hall–Kier alpha value is -2.36. The molecule has 0 amide bonds. The van der Waals surface area contributed by atoms with Crippen LogP contribution in [0.1, 0.15) is 19.3 Å². The molecule has 1 aliphatic carbocycles. The second-order valence-electron chi connectivity index (χ2n) is 5.98. The molecule has 1 saturated carbocycles. The summed E-state index contributed by atoms with van der Waals surface area (Å²) in [4.78, 5) is 23.6. The van der Waals surface area contributed by atoms with Gasteiger partial charge in [-0.3, -0.25) is 9.59 Å². The van der Waals surface area contributed by atoms with Gasteiger partial charge in [0.15, 0.2) is 0 Å². The van der Waals surface area contributed by atoms with Crippen LogP contribution in [0, 0.1) is 11.8 Å². The molecular weight excluding hydrogens is 280 g/mol. The molecule has 0 radical (unpaired) electrons. The van der Waals surface area contributed by atoms with Gasteiger partial charge in [-0.15, -0.1) is 0 Å². The number of cyclic esters (lactones) is 1. The predicted octanol–water partition coefficient (Wildman–Crippen LogP) is 3.09. The van der Waals surface area contributed by atoms with E-state index < -0.39 is 6.29 Å². The SMILES string of the molecule is O=C1CC[C@@H]2C(=O)O[C@@H](Oc3ccc4ccccc4c3)[C@@H]2C1. The molecule has 0 aromatic heterocycles. The van der Waals surface area contributed by atoms with Crippen LogP contribution in [0.25, 0.3) is 10.8 Å². The number of ether oxygens (including phenoxy) is 2. The first kappa shape index (κ1) is 13.3. The molecular formula is C18H16O4. The Morgan fingerprint density at radius 3 is 2.73 bits per heavy atom. The van der Waals surface area contributed by atoms with Crippen molar-refractivity contribution < 1.29 is 19.1 Å². The van der Waals surface area contributed by atoms with E-state index in [1.54, 1.807) is 0 Å². The van der Waals surface area contributed by atoms with Crippen LogP contribution < -0.4 is 4.74 Å². The zero-order valence-electron chi connectivity index (χ0n) is 12.0. The van der Waals surface area contributed by atoms with Crippen molar-refractivity contribution in [1.29, 1.82) is 0 Å². The second-order valence-corrected chi connectivity index (χ2v) is 5.98. The Kier molecular flexibility index (Phi) is 3.10. The van der Waals surface area contributed by atoms with Gasteiger partial charge in [-0.05, 0) is 29.3 Å². The second kappa shape index (κ2) is 5.13. The van der Waals surface area contributed by atoms with E-state index in [2.05, 4.69) is 0 Å².